The third kappa shape index (κ3) is 5.02. The second-order valence-corrected chi connectivity index (χ2v) is 6.76. The molecule has 0 aliphatic rings. The lowest BCUT2D eigenvalue weighted by Gasteiger charge is -2.16. The third-order valence-corrected chi connectivity index (χ3v) is 4.56. The summed E-state index contributed by atoms with van der Waals surface area (Å²) >= 11 is 0. The number of hydrogen-bond donors (Lipinski definition) is 2. The quantitative estimate of drug-likeness (QED) is 0.762. The Kier molecular flexibility index (Phi) is 6.17. The van der Waals surface area contributed by atoms with Gasteiger partial charge in [-0.1, -0.05) is 25.8 Å². The van der Waals surface area contributed by atoms with Gasteiger partial charge in [0.25, 0.3) is 0 Å². The van der Waals surface area contributed by atoms with Gasteiger partial charge >= 0.3 is 5.97 Å². The minimum Gasteiger partial charge on any atom is -0.480 e. The van der Waals surface area contributed by atoms with E-state index < -0.39 is 22.0 Å². The normalized spacial score (nSPS) is 12.9. The average Bonchev–Trinajstić information content (AvgIpc) is 2.43. The van der Waals surface area contributed by atoms with E-state index in [4.69, 9.17) is 5.11 Å². The third-order valence-electron chi connectivity index (χ3n) is 3.09. The molecule has 0 amide bonds. The highest BCUT2D eigenvalue weighted by Crippen LogP contribution is 2.18. The standard InChI is InChI=1S/C14H22N2O4S/c1-4-5-9-13(14(17)18)15-21(19,20)12-8-6-7-11(10-12)16(2)3/h6-8,10,13,15H,4-5,9H2,1-3H3,(H,17,18). The molecule has 1 rings (SSSR count). The van der Waals surface area contributed by atoms with Crippen LogP contribution in [0, 0.1) is 0 Å². The molecule has 118 valence electrons. The molecule has 0 spiro atoms. The van der Waals surface area contributed by atoms with Crippen LogP contribution in [0.15, 0.2) is 29.2 Å². The number of rotatable bonds is 8. The Labute approximate surface area is 125 Å². The molecule has 7 heteroatoms. The van der Waals surface area contributed by atoms with Gasteiger partial charge in [-0.25, -0.2) is 8.42 Å². The Bertz CT molecular complexity index is 584. The number of anilines is 1. The van der Waals surface area contributed by atoms with Crippen LogP contribution in [0.25, 0.3) is 0 Å². The number of benzene rings is 1. The molecule has 0 heterocycles. The minimum absolute atomic E-state index is 0.0662. The van der Waals surface area contributed by atoms with Gasteiger partial charge in [-0.2, -0.15) is 4.72 Å². The molecule has 1 aromatic rings. The first-order valence-corrected chi connectivity index (χ1v) is 8.28. The number of carbonyl (C=O) groups is 1. The first kappa shape index (κ1) is 17.5. The second kappa shape index (κ2) is 7.42. The Morgan fingerprint density at radius 1 is 1.38 bits per heavy atom. The first-order chi connectivity index (χ1) is 9.77. The summed E-state index contributed by atoms with van der Waals surface area (Å²) in [5.74, 6) is -1.16. The summed E-state index contributed by atoms with van der Waals surface area (Å²) in [6, 6.07) is 5.28. The molecule has 0 radical (unpaired) electrons. The summed E-state index contributed by atoms with van der Waals surface area (Å²) < 4.78 is 26.8. The van der Waals surface area contributed by atoms with Crippen molar-refractivity contribution in [2.75, 3.05) is 19.0 Å². The number of carboxylic acids is 1. The van der Waals surface area contributed by atoms with E-state index in [0.29, 0.717) is 6.42 Å². The van der Waals surface area contributed by atoms with Crippen LogP contribution in [-0.4, -0.2) is 39.6 Å². The van der Waals surface area contributed by atoms with Crippen LogP contribution in [-0.2, 0) is 14.8 Å². The number of aliphatic carboxylic acids is 1. The predicted molar refractivity (Wildman–Crippen MR) is 82.0 cm³/mol. The van der Waals surface area contributed by atoms with Crippen molar-refractivity contribution >= 4 is 21.7 Å². The average molecular weight is 314 g/mol. The molecule has 1 aromatic carbocycles. The fourth-order valence-electron chi connectivity index (χ4n) is 1.83. The van der Waals surface area contributed by atoms with E-state index in [1.165, 1.54) is 12.1 Å². The molecule has 0 aromatic heterocycles. The van der Waals surface area contributed by atoms with E-state index >= 15 is 0 Å². The maximum Gasteiger partial charge on any atom is 0.321 e. The Morgan fingerprint density at radius 2 is 2.05 bits per heavy atom. The van der Waals surface area contributed by atoms with Crippen LogP contribution in [0.5, 0.6) is 0 Å². The summed E-state index contributed by atoms with van der Waals surface area (Å²) in [4.78, 5) is 13.0. The van der Waals surface area contributed by atoms with Crippen molar-refractivity contribution in [3.05, 3.63) is 24.3 Å². The molecule has 0 bridgehead atoms. The molecule has 21 heavy (non-hydrogen) atoms. The summed E-state index contributed by atoms with van der Waals surface area (Å²) in [7, 11) is -0.236. The van der Waals surface area contributed by atoms with Gasteiger partial charge in [0.1, 0.15) is 6.04 Å². The summed E-state index contributed by atoms with van der Waals surface area (Å²) in [5, 5.41) is 9.12. The molecular weight excluding hydrogens is 292 g/mol. The van der Waals surface area contributed by atoms with Gasteiger partial charge in [0.15, 0.2) is 0 Å². The summed E-state index contributed by atoms with van der Waals surface area (Å²) in [6.45, 7) is 1.92. The van der Waals surface area contributed by atoms with Crippen LogP contribution >= 0.6 is 0 Å². The summed E-state index contributed by atoms with van der Waals surface area (Å²) in [6.07, 6.45) is 1.73. The molecule has 0 saturated carbocycles. The number of sulfonamides is 1. The second-order valence-electron chi connectivity index (χ2n) is 5.05. The van der Waals surface area contributed by atoms with E-state index in [9.17, 15) is 13.2 Å². The fraction of sp³-hybridized carbons (Fsp3) is 0.500. The van der Waals surface area contributed by atoms with Crippen molar-refractivity contribution in [2.24, 2.45) is 0 Å². The zero-order chi connectivity index (χ0) is 16.0. The van der Waals surface area contributed by atoms with E-state index in [-0.39, 0.29) is 11.3 Å². The van der Waals surface area contributed by atoms with Crippen molar-refractivity contribution in [1.82, 2.24) is 4.72 Å². The molecule has 1 atom stereocenters. The maximum atomic E-state index is 12.3. The van der Waals surface area contributed by atoms with Crippen LogP contribution in [0.4, 0.5) is 5.69 Å². The van der Waals surface area contributed by atoms with E-state index in [0.717, 1.165) is 12.1 Å². The lowest BCUT2D eigenvalue weighted by molar-refractivity contribution is -0.139. The highest BCUT2D eigenvalue weighted by atomic mass is 32.2. The molecule has 0 saturated heterocycles. The van der Waals surface area contributed by atoms with Gasteiger partial charge in [-0.05, 0) is 24.6 Å². The first-order valence-electron chi connectivity index (χ1n) is 6.80. The fourth-order valence-corrected chi connectivity index (χ4v) is 3.09. The van der Waals surface area contributed by atoms with Crippen molar-refractivity contribution in [3.63, 3.8) is 0 Å². The lowest BCUT2D eigenvalue weighted by atomic mass is 10.1. The minimum atomic E-state index is -3.85. The van der Waals surface area contributed by atoms with Gasteiger partial charge < -0.3 is 10.0 Å². The zero-order valence-corrected chi connectivity index (χ0v) is 13.4. The number of carboxylic acid groups (broad SMARTS) is 1. The SMILES string of the molecule is CCCCC(NS(=O)(=O)c1cccc(N(C)C)c1)C(=O)O. The number of hydrogen-bond acceptors (Lipinski definition) is 4. The van der Waals surface area contributed by atoms with Gasteiger partial charge in [-0.3, -0.25) is 4.79 Å². The van der Waals surface area contributed by atoms with E-state index in [1.807, 2.05) is 6.92 Å². The highest BCUT2D eigenvalue weighted by molar-refractivity contribution is 7.89. The topological polar surface area (TPSA) is 86.7 Å². The van der Waals surface area contributed by atoms with Gasteiger partial charge in [-0.15, -0.1) is 0 Å². The van der Waals surface area contributed by atoms with E-state index in [2.05, 4.69) is 4.72 Å². The van der Waals surface area contributed by atoms with Crippen LogP contribution in [0.3, 0.4) is 0 Å². The smallest absolute Gasteiger partial charge is 0.321 e. The molecule has 2 N–H and O–H groups in total. The molecule has 6 nitrogen and oxygen atoms in total. The van der Waals surface area contributed by atoms with Crippen molar-refractivity contribution < 1.29 is 18.3 Å². The number of nitrogens with zero attached hydrogens (tertiary/aromatic N) is 1. The van der Waals surface area contributed by atoms with Gasteiger partial charge in [0.05, 0.1) is 4.90 Å². The Morgan fingerprint density at radius 3 is 2.57 bits per heavy atom. The number of unbranched alkanes of at least 4 members (excludes halogenated alkanes) is 1. The van der Waals surface area contributed by atoms with Crippen molar-refractivity contribution in [3.8, 4) is 0 Å². The van der Waals surface area contributed by atoms with Crippen LogP contribution < -0.4 is 9.62 Å². The molecular formula is C14H22N2O4S. The van der Waals surface area contributed by atoms with Crippen LogP contribution in [0.2, 0.25) is 0 Å². The van der Waals surface area contributed by atoms with E-state index in [1.54, 1.807) is 31.1 Å². The molecule has 1 unspecified atom stereocenters. The largest absolute Gasteiger partial charge is 0.480 e. The monoisotopic (exact) mass is 314 g/mol. The van der Waals surface area contributed by atoms with Gasteiger partial charge in [0, 0.05) is 19.8 Å². The lowest BCUT2D eigenvalue weighted by Crippen LogP contribution is -2.40. The van der Waals surface area contributed by atoms with Crippen LogP contribution in [0.1, 0.15) is 26.2 Å². The molecule has 0 aliphatic carbocycles. The van der Waals surface area contributed by atoms with Gasteiger partial charge in [0.2, 0.25) is 10.0 Å². The molecule has 0 fully saturated rings. The highest BCUT2D eigenvalue weighted by Gasteiger charge is 2.25. The van der Waals surface area contributed by atoms with Crippen molar-refractivity contribution in [2.45, 2.75) is 37.1 Å². The zero-order valence-electron chi connectivity index (χ0n) is 12.5. The summed E-state index contributed by atoms with van der Waals surface area (Å²) in [5.41, 5.74) is 0.735. The molecule has 0 aliphatic heterocycles. The Hall–Kier alpha value is -1.60. The predicted octanol–water partition coefficient (Wildman–Crippen LogP) is 1.67. The van der Waals surface area contributed by atoms with Crippen molar-refractivity contribution in [1.29, 1.82) is 0 Å². The Balaban J connectivity index is 2.99. The number of nitrogens with one attached hydrogen (secondary N) is 1. The maximum absolute atomic E-state index is 12.3.